The lowest BCUT2D eigenvalue weighted by atomic mass is 9.85. The van der Waals surface area contributed by atoms with Crippen molar-refractivity contribution in [3.05, 3.63) is 18.2 Å². The maximum atomic E-state index is 9.46. The van der Waals surface area contributed by atoms with Crippen molar-refractivity contribution in [2.24, 2.45) is 0 Å². The summed E-state index contributed by atoms with van der Waals surface area (Å²) in [5.41, 5.74) is 0. The first kappa shape index (κ1) is 11.2. The fourth-order valence-corrected chi connectivity index (χ4v) is 3.56. The van der Waals surface area contributed by atoms with E-state index in [2.05, 4.69) is 0 Å². The molecule has 1 aromatic rings. The first-order valence-corrected chi connectivity index (χ1v) is 6.83. The summed E-state index contributed by atoms with van der Waals surface area (Å²) in [4.78, 5) is 1.16. The average Bonchev–Trinajstić information content (AvgIpc) is 2.34. The average molecular weight is 252 g/mol. The van der Waals surface area contributed by atoms with Gasteiger partial charge < -0.3 is 14.6 Å². The highest BCUT2D eigenvalue weighted by atomic mass is 32.2. The van der Waals surface area contributed by atoms with E-state index in [1.807, 2.05) is 18.2 Å². The smallest absolute Gasteiger partial charge is 0.162 e. The molecule has 0 spiro atoms. The molecule has 1 N–H and O–H groups in total. The standard InChI is InChI=1S/C13H16O3S/c14-9-13(4-1-5-13)17-10-2-3-11-12(8-10)16-7-6-15-11/h2-3,8,14H,1,4-7,9H2. The maximum absolute atomic E-state index is 9.46. The highest BCUT2D eigenvalue weighted by Gasteiger charge is 2.37. The zero-order valence-electron chi connectivity index (χ0n) is 9.65. The second-order valence-corrected chi connectivity index (χ2v) is 6.14. The van der Waals surface area contributed by atoms with Crippen molar-refractivity contribution in [1.29, 1.82) is 0 Å². The molecule has 1 fully saturated rings. The van der Waals surface area contributed by atoms with E-state index < -0.39 is 0 Å². The highest BCUT2D eigenvalue weighted by molar-refractivity contribution is 8.00. The first-order chi connectivity index (χ1) is 8.31. The Hall–Kier alpha value is -0.870. The number of aliphatic hydroxyl groups is 1. The molecular weight excluding hydrogens is 236 g/mol. The van der Waals surface area contributed by atoms with Gasteiger partial charge in [-0.1, -0.05) is 6.42 Å². The van der Waals surface area contributed by atoms with Crippen LogP contribution in [0.4, 0.5) is 0 Å². The zero-order valence-corrected chi connectivity index (χ0v) is 10.5. The quantitative estimate of drug-likeness (QED) is 0.897. The molecule has 1 saturated carbocycles. The topological polar surface area (TPSA) is 38.7 Å². The predicted octanol–water partition coefficient (Wildman–Crippen LogP) is 2.46. The second kappa shape index (κ2) is 4.42. The van der Waals surface area contributed by atoms with E-state index in [1.54, 1.807) is 11.8 Å². The van der Waals surface area contributed by atoms with Gasteiger partial charge in [0, 0.05) is 9.64 Å². The third-order valence-electron chi connectivity index (χ3n) is 3.40. The maximum Gasteiger partial charge on any atom is 0.162 e. The van der Waals surface area contributed by atoms with Gasteiger partial charge in [0.25, 0.3) is 0 Å². The molecule has 0 radical (unpaired) electrons. The Morgan fingerprint density at radius 3 is 2.59 bits per heavy atom. The molecule has 0 unspecified atom stereocenters. The van der Waals surface area contributed by atoms with E-state index in [4.69, 9.17) is 9.47 Å². The lowest BCUT2D eigenvalue weighted by molar-refractivity contribution is 0.171. The molecule has 92 valence electrons. The van der Waals surface area contributed by atoms with Crippen molar-refractivity contribution in [1.82, 2.24) is 0 Å². The van der Waals surface area contributed by atoms with Crippen LogP contribution >= 0.6 is 11.8 Å². The minimum absolute atomic E-state index is 0.0454. The van der Waals surface area contributed by atoms with Gasteiger partial charge in [0.1, 0.15) is 13.2 Å². The molecule has 4 heteroatoms. The van der Waals surface area contributed by atoms with Crippen LogP contribution in [0.5, 0.6) is 11.5 Å². The molecule has 17 heavy (non-hydrogen) atoms. The lowest BCUT2D eigenvalue weighted by Crippen LogP contribution is -2.37. The van der Waals surface area contributed by atoms with Gasteiger partial charge in [0.05, 0.1) is 6.61 Å². The minimum Gasteiger partial charge on any atom is -0.486 e. The first-order valence-electron chi connectivity index (χ1n) is 6.01. The largest absolute Gasteiger partial charge is 0.486 e. The van der Waals surface area contributed by atoms with Gasteiger partial charge in [-0.25, -0.2) is 0 Å². The molecule has 0 saturated heterocycles. The third kappa shape index (κ3) is 2.11. The molecule has 0 amide bonds. The number of aliphatic hydroxyl groups excluding tert-OH is 1. The van der Waals surface area contributed by atoms with Gasteiger partial charge in [-0.15, -0.1) is 11.8 Å². The molecule has 0 aromatic heterocycles. The Bertz CT molecular complexity index is 410. The van der Waals surface area contributed by atoms with E-state index in [1.165, 1.54) is 6.42 Å². The normalized spacial score (nSPS) is 20.8. The van der Waals surface area contributed by atoms with Gasteiger partial charge in [-0.05, 0) is 31.0 Å². The number of hydrogen-bond acceptors (Lipinski definition) is 4. The van der Waals surface area contributed by atoms with Crippen LogP contribution in [0.3, 0.4) is 0 Å². The molecule has 1 heterocycles. The van der Waals surface area contributed by atoms with Gasteiger partial charge in [0.15, 0.2) is 11.5 Å². The van der Waals surface area contributed by atoms with Crippen molar-refractivity contribution in [2.45, 2.75) is 28.9 Å². The van der Waals surface area contributed by atoms with E-state index in [9.17, 15) is 5.11 Å². The fraction of sp³-hybridized carbons (Fsp3) is 0.538. The Balaban J connectivity index is 1.79. The second-order valence-electron chi connectivity index (χ2n) is 4.60. The highest BCUT2D eigenvalue weighted by Crippen LogP contribution is 2.48. The Morgan fingerprint density at radius 2 is 1.94 bits per heavy atom. The van der Waals surface area contributed by atoms with Gasteiger partial charge in [-0.2, -0.15) is 0 Å². The third-order valence-corrected chi connectivity index (χ3v) is 4.86. The molecule has 3 nitrogen and oxygen atoms in total. The van der Waals surface area contributed by atoms with Gasteiger partial charge in [-0.3, -0.25) is 0 Å². The van der Waals surface area contributed by atoms with Crippen LogP contribution in [0.2, 0.25) is 0 Å². The number of hydrogen-bond donors (Lipinski definition) is 1. The van der Waals surface area contributed by atoms with Gasteiger partial charge >= 0.3 is 0 Å². The molecule has 0 bridgehead atoms. The predicted molar refractivity (Wildman–Crippen MR) is 67.0 cm³/mol. The molecule has 3 rings (SSSR count). The van der Waals surface area contributed by atoms with Crippen molar-refractivity contribution in [3.63, 3.8) is 0 Å². The summed E-state index contributed by atoms with van der Waals surface area (Å²) in [7, 11) is 0. The molecule has 2 aliphatic rings. The fourth-order valence-electron chi connectivity index (χ4n) is 2.20. The lowest BCUT2D eigenvalue weighted by Gasteiger charge is -2.39. The van der Waals surface area contributed by atoms with E-state index in [0.717, 1.165) is 29.2 Å². The van der Waals surface area contributed by atoms with Crippen LogP contribution in [-0.2, 0) is 0 Å². The number of benzene rings is 1. The summed E-state index contributed by atoms with van der Waals surface area (Å²) in [6.45, 7) is 1.50. The van der Waals surface area contributed by atoms with Crippen LogP contribution in [0.15, 0.2) is 23.1 Å². The summed E-state index contributed by atoms with van der Waals surface area (Å²) < 4.78 is 11.1. The van der Waals surface area contributed by atoms with Crippen LogP contribution in [0.25, 0.3) is 0 Å². The summed E-state index contributed by atoms with van der Waals surface area (Å²) in [5, 5.41) is 9.46. The number of fused-ring (bicyclic) bond motifs is 1. The monoisotopic (exact) mass is 252 g/mol. The Morgan fingerprint density at radius 1 is 1.18 bits per heavy atom. The van der Waals surface area contributed by atoms with Crippen molar-refractivity contribution < 1.29 is 14.6 Å². The SMILES string of the molecule is OCC1(Sc2ccc3c(c2)OCCO3)CCC1. The van der Waals surface area contributed by atoms with Crippen LogP contribution in [-0.4, -0.2) is 29.7 Å². The summed E-state index contributed by atoms with van der Waals surface area (Å²) in [6.07, 6.45) is 3.42. The molecule has 1 aromatic carbocycles. The van der Waals surface area contributed by atoms with Crippen molar-refractivity contribution in [3.8, 4) is 11.5 Å². The molecule has 1 aliphatic carbocycles. The van der Waals surface area contributed by atoms with E-state index >= 15 is 0 Å². The van der Waals surface area contributed by atoms with Crippen molar-refractivity contribution in [2.75, 3.05) is 19.8 Å². The molecular formula is C13H16O3S. The Kier molecular flexibility index (Phi) is 2.92. The number of ether oxygens (including phenoxy) is 2. The number of rotatable bonds is 3. The summed E-state index contributed by atoms with van der Waals surface area (Å²) >= 11 is 1.77. The van der Waals surface area contributed by atoms with Crippen LogP contribution < -0.4 is 9.47 Å². The van der Waals surface area contributed by atoms with E-state index in [-0.39, 0.29) is 11.4 Å². The molecule has 1 aliphatic heterocycles. The zero-order chi connectivity index (χ0) is 11.7. The van der Waals surface area contributed by atoms with E-state index in [0.29, 0.717) is 13.2 Å². The minimum atomic E-state index is 0.0454. The van der Waals surface area contributed by atoms with Crippen LogP contribution in [0, 0.1) is 0 Å². The molecule has 0 atom stereocenters. The summed E-state index contributed by atoms with van der Waals surface area (Å²) in [5.74, 6) is 1.65. The van der Waals surface area contributed by atoms with Crippen molar-refractivity contribution >= 4 is 11.8 Å². The van der Waals surface area contributed by atoms with Crippen LogP contribution in [0.1, 0.15) is 19.3 Å². The summed E-state index contributed by atoms with van der Waals surface area (Å²) in [6, 6.07) is 6.03. The van der Waals surface area contributed by atoms with Gasteiger partial charge in [0.2, 0.25) is 0 Å². The number of thioether (sulfide) groups is 1. The Labute approximate surface area is 105 Å².